The molecule has 19 heavy (non-hydrogen) atoms. The summed E-state index contributed by atoms with van der Waals surface area (Å²) in [4.78, 5) is 0. The van der Waals surface area contributed by atoms with Crippen LogP contribution in [0.5, 0.6) is 5.75 Å². The van der Waals surface area contributed by atoms with Crippen LogP contribution in [0.15, 0.2) is 42.5 Å². The molecule has 0 aliphatic carbocycles. The fourth-order valence-electron chi connectivity index (χ4n) is 1.55. The molecule has 100 valence electrons. The minimum absolute atomic E-state index is 0.0135. The van der Waals surface area contributed by atoms with Gasteiger partial charge in [-0.05, 0) is 24.3 Å². The van der Waals surface area contributed by atoms with Crippen molar-refractivity contribution in [3.63, 3.8) is 0 Å². The van der Waals surface area contributed by atoms with E-state index in [1.54, 1.807) is 24.3 Å². The van der Waals surface area contributed by atoms with Gasteiger partial charge in [-0.2, -0.15) is 0 Å². The third-order valence-corrected chi connectivity index (χ3v) is 2.76. The van der Waals surface area contributed by atoms with Crippen molar-refractivity contribution in [2.75, 3.05) is 18.5 Å². The summed E-state index contributed by atoms with van der Waals surface area (Å²) < 4.78 is 32.0. The summed E-state index contributed by atoms with van der Waals surface area (Å²) in [6.07, 6.45) is 0. The van der Waals surface area contributed by atoms with E-state index in [1.165, 1.54) is 18.2 Å². The molecule has 2 aromatic carbocycles. The number of rotatable bonds is 5. The number of nitrogens with one attached hydrogen (secondary N) is 1. The van der Waals surface area contributed by atoms with Crippen molar-refractivity contribution in [2.45, 2.75) is 0 Å². The van der Waals surface area contributed by atoms with Crippen molar-refractivity contribution >= 4 is 17.3 Å². The van der Waals surface area contributed by atoms with Crippen molar-refractivity contribution in [1.82, 2.24) is 0 Å². The molecule has 0 amide bonds. The minimum Gasteiger partial charge on any atom is -0.489 e. The Morgan fingerprint density at radius 1 is 1.05 bits per heavy atom. The van der Waals surface area contributed by atoms with E-state index in [2.05, 4.69) is 5.32 Å². The topological polar surface area (TPSA) is 21.3 Å². The van der Waals surface area contributed by atoms with Crippen molar-refractivity contribution < 1.29 is 13.5 Å². The highest BCUT2D eigenvalue weighted by Gasteiger charge is 2.06. The van der Waals surface area contributed by atoms with E-state index in [9.17, 15) is 8.78 Å². The van der Waals surface area contributed by atoms with Gasteiger partial charge in [0, 0.05) is 6.54 Å². The van der Waals surface area contributed by atoms with E-state index in [0.717, 1.165) is 0 Å². The highest BCUT2D eigenvalue weighted by Crippen LogP contribution is 2.23. The van der Waals surface area contributed by atoms with Crippen molar-refractivity contribution in [3.8, 4) is 5.75 Å². The summed E-state index contributed by atoms with van der Waals surface area (Å²) >= 11 is 5.62. The van der Waals surface area contributed by atoms with Crippen molar-refractivity contribution in [2.24, 2.45) is 0 Å². The lowest BCUT2D eigenvalue weighted by Gasteiger charge is -2.10. The Labute approximate surface area is 115 Å². The maximum absolute atomic E-state index is 13.5. The fraction of sp³-hybridized carbons (Fsp3) is 0.143. The monoisotopic (exact) mass is 283 g/mol. The first-order valence-corrected chi connectivity index (χ1v) is 6.11. The normalized spacial score (nSPS) is 10.3. The van der Waals surface area contributed by atoms with Crippen molar-refractivity contribution in [3.05, 3.63) is 59.1 Å². The van der Waals surface area contributed by atoms with Crippen LogP contribution in [-0.2, 0) is 0 Å². The minimum atomic E-state index is -0.588. The van der Waals surface area contributed by atoms with E-state index in [1.807, 2.05) is 0 Å². The number of anilines is 1. The predicted molar refractivity (Wildman–Crippen MR) is 71.8 cm³/mol. The number of hydrogen-bond donors (Lipinski definition) is 1. The highest BCUT2D eigenvalue weighted by atomic mass is 35.5. The molecule has 0 heterocycles. The Morgan fingerprint density at radius 3 is 2.63 bits per heavy atom. The van der Waals surface area contributed by atoms with Crippen LogP contribution in [0.2, 0.25) is 5.02 Å². The highest BCUT2D eigenvalue weighted by molar-refractivity contribution is 6.30. The number of para-hydroxylation sites is 1. The predicted octanol–water partition coefficient (Wildman–Crippen LogP) is 4.11. The van der Waals surface area contributed by atoms with Crippen LogP contribution < -0.4 is 10.1 Å². The molecule has 2 aromatic rings. The molecule has 5 heteroatoms. The summed E-state index contributed by atoms with van der Waals surface area (Å²) in [6, 6.07) is 10.9. The molecule has 2 nitrogen and oxygen atoms in total. The van der Waals surface area contributed by atoms with Gasteiger partial charge < -0.3 is 10.1 Å². The molecule has 2 rings (SSSR count). The third kappa shape index (κ3) is 3.58. The molecule has 0 saturated heterocycles. The second-order valence-corrected chi connectivity index (χ2v) is 4.21. The maximum Gasteiger partial charge on any atom is 0.183 e. The van der Waals surface area contributed by atoms with Crippen LogP contribution in [0, 0.1) is 11.6 Å². The van der Waals surface area contributed by atoms with Crippen LogP contribution in [0.4, 0.5) is 14.5 Å². The van der Waals surface area contributed by atoms with Crippen LogP contribution >= 0.6 is 11.6 Å². The first-order valence-electron chi connectivity index (χ1n) is 5.73. The van der Waals surface area contributed by atoms with Gasteiger partial charge in [0.1, 0.15) is 12.4 Å². The lowest BCUT2D eigenvalue weighted by Crippen LogP contribution is -2.12. The fourth-order valence-corrected chi connectivity index (χ4v) is 1.71. The maximum atomic E-state index is 13.5. The number of halogens is 3. The lowest BCUT2D eigenvalue weighted by atomic mass is 10.3. The average molecular weight is 284 g/mol. The molecule has 1 N–H and O–H groups in total. The summed E-state index contributed by atoms with van der Waals surface area (Å²) in [5.74, 6) is -0.839. The number of hydrogen-bond acceptors (Lipinski definition) is 2. The Bertz CT molecular complexity index is 563. The van der Waals surface area contributed by atoms with Gasteiger partial charge in [-0.15, -0.1) is 0 Å². The van der Waals surface area contributed by atoms with Crippen molar-refractivity contribution in [1.29, 1.82) is 0 Å². The van der Waals surface area contributed by atoms with Crippen LogP contribution in [-0.4, -0.2) is 13.2 Å². The SMILES string of the molecule is Fc1ccccc1NCCOc1cccc(Cl)c1F. The molecule has 0 aromatic heterocycles. The summed E-state index contributed by atoms with van der Waals surface area (Å²) in [5.41, 5.74) is 0.387. The Hall–Kier alpha value is -1.81. The lowest BCUT2D eigenvalue weighted by molar-refractivity contribution is 0.315. The molecule has 0 spiro atoms. The zero-order chi connectivity index (χ0) is 13.7. The second kappa shape index (κ2) is 6.38. The largest absolute Gasteiger partial charge is 0.489 e. The molecule has 0 radical (unpaired) electrons. The van der Waals surface area contributed by atoms with E-state index in [-0.39, 0.29) is 23.2 Å². The molecule has 0 atom stereocenters. The zero-order valence-corrected chi connectivity index (χ0v) is 10.8. The summed E-state index contributed by atoms with van der Waals surface area (Å²) in [5, 5.41) is 2.88. The first-order chi connectivity index (χ1) is 9.18. The molecule has 0 bridgehead atoms. The van der Waals surface area contributed by atoms with E-state index >= 15 is 0 Å². The molecular weight excluding hydrogens is 272 g/mol. The van der Waals surface area contributed by atoms with E-state index in [4.69, 9.17) is 16.3 Å². The van der Waals surface area contributed by atoms with Gasteiger partial charge in [0.05, 0.1) is 10.7 Å². The third-order valence-electron chi connectivity index (χ3n) is 2.47. The summed E-state index contributed by atoms with van der Waals surface area (Å²) in [6.45, 7) is 0.554. The Morgan fingerprint density at radius 2 is 1.84 bits per heavy atom. The van der Waals surface area contributed by atoms with E-state index in [0.29, 0.717) is 12.2 Å². The van der Waals surface area contributed by atoms with Gasteiger partial charge in [0.15, 0.2) is 11.6 Å². The van der Waals surface area contributed by atoms with Gasteiger partial charge in [0.25, 0.3) is 0 Å². The average Bonchev–Trinajstić information content (AvgIpc) is 2.41. The van der Waals surface area contributed by atoms with Crippen LogP contribution in [0.25, 0.3) is 0 Å². The molecule has 0 unspecified atom stereocenters. The number of ether oxygens (including phenoxy) is 1. The molecule has 0 saturated carbocycles. The quantitative estimate of drug-likeness (QED) is 0.834. The van der Waals surface area contributed by atoms with Gasteiger partial charge in [-0.25, -0.2) is 8.78 Å². The zero-order valence-electron chi connectivity index (χ0n) is 10.00. The van der Waals surface area contributed by atoms with Gasteiger partial charge >= 0.3 is 0 Å². The van der Waals surface area contributed by atoms with E-state index < -0.39 is 5.82 Å². The Balaban J connectivity index is 1.84. The van der Waals surface area contributed by atoms with Crippen LogP contribution in [0.3, 0.4) is 0 Å². The molecular formula is C14H12ClF2NO. The Kier molecular flexibility index (Phi) is 4.58. The van der Waals surface area contributed by atoms with Gasteiger partial charge in [0.2, 0.25) is 0 Å². The van der Waals surface area contributed by atoms with Crippen LogP contribution in [0.1, 0.15) is 0 Å². The number of benzene rings is 2. The van der Waals surface area contributed by atoms with Gasteiger partial charge in [-0.1, -0.05) is 29.8 Å². The van der Waals surface area contributed by atoms with Gasteiger partial charge in [-0.3, -0.25) is 0 Å². The first kappa shape index (κ1) is 13.6. The molecule has 0 fully saturated rings. The molecule has 0 aliphatic heterocycles. The smallest absolute Gasteiger partial charge is 0.183 e. The summed E-state index contributed by atoms with van der Waals surface area (Å²) in [7, 11) is 0. The molecule has 0 aliphatic rings. The standard InChI is InChI=1S/C14H12ClF2NO/c15-10-4-3-7-13(14(10)17)19-9-8-18-12-6-2-1-5-11(12)16/h1-7,18H,8-9H2. The second-order valence-electron chi connectivity index (χ2n) is 3.81.